The average Bonchev–Trinajstić information content (AvgIpc) is 3.03. The van der Waals surface area contributed by atoms with Crippen molar-refractivity contribution in [1.29, 1.82) is 0 Å². The first kappa shape index (κ1) is 14.7. The van der Waals surface area contributed by atoms with Gasteiger partial charge in [0.15, 0.2) is 18.1 Å². The van der Waals surface area contributed by atoms with Gasteiger partial charge in [-0.15, -0.1) is 0 Å². The molecule has 0 bridgehead atoms. The number of fused-ring (bicyclic) bond motifs is 1. The number of pyridine rings is 1. The number of ether oxygens (including phenoxy) is 1. The first-order valence-corrected chi connectivity index (χ1v) is 6.88. The van der Waals surface area contributed by atoms with Crippen molar-refractivity contribution in [2.75, 3.05) is 5.32 Å². The summed E-state index contributed by atoms with van der Waals surface area (Å²) in [4.78, 5) is 31.9. The Morgan fingerprint density at radius 1 is 1.22 bits per heavy atom. The Kier molecular flexibility index (Phi) is 4.01. The highest BCUT2D eigenvalue weighted by Gasteiger charge is 2.19. The highest BCUT2D eigenvalue weighted by molar-refractivity contribution is 5.98. The van der Waals surface area contributed by atoms with Crippen LogP contribution in [0.5, 0.6) is 0 Å². The number of amides is 1. The minimum atomic E-state index is -0.943. The van der Waals surface area contributed by atoms with E-state index in [1.54, 1.807) is 36.7 Å². The van der Waals surface area contributed by atoms with Gasteiger partial charge in [0.25, 0.3) is 5.91 Å². The first-order chi connectivity index (χ1) is 11.1. The fourth-order valence-corrected chi connectivity index (χ4v) is 1.94. The fraction of sp³-hybridized carbons (Fsp3) is 0.125. The summed E-state index contributed by atoms with van der Waals surface area (Å²) in [7, 11) is 0. The van der Waals surface area contributed by atoms with Crippen LogP contribution in [0.4, 0.5) is 5.69 Å². The Labute approximate surface area is 131 Å². The Bertz CT molecular complexity index is 845. The quantitative estimate of drug-likeness (QED) is 0.744. The van der Waals surface area contributed by atoms with Gasteiger partial charge >= 0.3 is 5.97 Å². The topological polar surface area (TPSA) is 94.3 Å². The minimum Gasteiger partial charge on any atom is -0.449 e. The SMILES string of the molecule is CC(OC(=O)c1ccc2ncoc2c1)C(=O)Nc1ccncc1. The van der Waals surface area contributed by atoms with Crippen molar-refractivity contribution < 1.29 is 18.7 Å². The van der Waals surface area contributed by atoms with Crippen molar-refractivity contribution in [2.24, 2.45) is 0 Å². The molecule has 0 radical (unpaired) electrons. The first-order valence-electron chi connectivity index (χ1n) is 6.88. The second kappa shape index (κ2) is 6.27. The number of nitrogens with zero attached hydrogens (tertiary/aromatic N) is 2. The van der Waals surface area contributed by atoms with Crippen LogP contribution in [0, 0.1) is 0 Å². The summed E-state index contributed by atoms with van der Waals surface area (Å²) in [5.41, 5.74) is 1.99. The van der Waals surface area contributed by atoms with Crippen LogP contribution < -0.4 is 5.32 Å². The molecule has 0 aliphatic carbocycles. The lowest BCUT2D eigenvalue weighted by Crippen LogP contribution is -2.30. The highest BCUT2D eigenvalue weighted by atomic mass is 16.5. The zero-order valence-electron chi connectivity index (χ0n) is 12.2. The van der Waals surface area contributed by atoms with E-state index < -0.39 is 18.0 Å². The molecule has 116 valence electrons. The standard InChI is InChI=1S/C16H13N3O4/c1-10(15(20)19-12-4-6-17-7-5-12)23-16(21)11-2-3-13-14(8-11)22-9-18-13/h2-10H,1H3,(H,17,19,20). The molecule has 1 atom stereocenters. The molecule has 7 heteroatoms. The number of anilines is 1. The molecular formula is C16H13N3O4. The highest BCUT2D eigenvalue weighted by Crippen LogP contribution is 2.15. The predicted molar refractivity (Wildman–Crippen MR) is 81.8 cm³/mol. The van der Waals surface area contributed by atoms with E-state index in [1.807, 2.05) is 0 Å². The van der Waals surface area contributed by atoms with Gasteiger partial charge in [0.2, 0.25) is 0 Å². The van der Waals surface area contributed by atoms with Gasteiger partial charge in [-0.3, -0.25) is 9.78 Å². The Morgan fingerprint density at radius 2 is 2.00 bits per heavy atom. The lowest BCUT2D eigenvalue weighted by Gasteiger charge is -2.13. The number of hydrogen-bond acceptors (Lipinski definition) is 6. The number of nitrogens with one attached hydrogen (secondary N) is 1. The second-order valence-corrected chi connectivity index (χ2v) is 4.81. The molecule has 7 nitrogen and oxygen atoms in total. The molecule has 1 amide bonds. The van der Waals surface area contributed by atoms with Crippen LogP contribution in [0.1, 0.15) is 17.3 Å². The number of carbonyl (C=O) groups excluding carboxylic acids is 2. The van der Waals surface area contributed by atoms with Gasteiger partial charge in [-0.05, 0) is 37.3 Å². The average molecular weight is 311 g/mol. The van der Waals surface area contributed by atoms with Gasteiger partial charge in [0.05, 0.1) is 5.56 Å². The van der Waals surface area contributed by atoms with Gasteiger partial charge in [-0.2, -0.15) is 0 Å². The van der Waals surface area contributed by atoms with Crippen molar-refractivity contribution in [3.63, 3.8) is 0 Å². The van der Waals surface area contributed by atoms with Crippen molar-refractivity contribution in [2.45, 2.75) is 13.0 Å². The summed E-state index contributed by atoms with van der Waals surface area (Å²) in [5, 5.41) is 2.64. The lowest BCUT2D eigenvalue weighted by atomic mass is 10.2. The van der Waals surface area contributed by atoms with E-state index in [9.17, 15) is 9.59 Å². The monoisotopic (exact) mass is 311 g/mol. The largest absolute Gasteiger partial charge is 0.449 e. The molecule has 2 aromatic heterocycles. The maximum absolute atomic E-state index is 12.1. The molecular weight excluding hydrogens is 298 g/mol. The van der Waals surface area contributed by atoms with E-state index >= 15 is 0 Å². The molecule has 3 aromatic rings. The molecule has 2 heterocycles. The Morgan fingerprint density at radius 3 is 2.78 bits per heavy atom. The van der Waals surface area contributed by atoms with Gasteiger partial charge in [-0.25, -0.2) is 9.78 Å². The maximum Gasteiger partial charge on any atom is 0.339 e. The van der Waals surface area contributed by atoms with Gasteiger partial charge in [0.1, 0.15) is 5.52 Å². The van der Waals surface area contributed by atoms with Crippen LogP contribution in [0.25, 0.3) is 11.1 Å². The third kappa shape index (κ3) is 3.34. The van der Waals surface area contributed by atoms with E-state index in [0.29, 0.717) is 16.8 Å². The summed E-state index contributed by atoms with van der Waals surface area (Å²) in [6.07, 6.45) is 3.46. The lowest BCUT2D eigenvalue weighted by molar-refractivity contribution is -0.123. The normalized spacial score (nSPS) is 11.9. The number of rotatable bonds is 4. The molecule has 1 aromatic carbocycles. The van der Waals surface area contributed by atoms with Crippen molar-refractivity contribution in [1.82, 2.24) is 9.97 Å². The number of oxazole rings is 1. The third-order valence-corrected chi connectivity index (χ3v) is 3.17. The Hall–Kier alpha value is -3.22. The van der Waals surface area contributed by atoms with Gasteiger partial charge < -0.3 is 14.5 Å². The van der Waals surface area contributed by atoms with Crippen LogP contribution in [0.15, 0.2) is 53.5 Å². The number of carbonyl (C=O) groups is 2. The van der Waals surface area contributed by atoms with Gasteiger partial charge in [0, 0.05) is 18.1 Å². The summed E-state index contributed by atoms with van der Waals surface area (Å²) >= 11 is 0. The third-order valence-electron chi connectivity index (χ3n) is 3.17. The Balaban J connectivity index is 1.65. The van der Waals surface area contributed by atoms with Crippen LogP contribution in [-0.2, 0) is 9.53 Å². The molecule has 1 N–H and O–H groups in total. The molecule has 0 spiro atoms. The minimum absolute atomic E-state index is 0.290. The van der Waals surface area contributed by atoms with Crippen LogP contribution in [0.3, 0.4) is 0 Å². The van der Waals surface area contributed by atoms with Crippen LogP contribution >= 0.6 is 0 Å². The molecule has 0 fully saturated rings. The molecule has 0 aliphatic heterocycles. The van der Waals surface area contributed by atoms with Crippen molar-refractivity contribution >= 4 is 28.7 Å². The summed E-state index contributed by atoms with van der Waals surface area (Å²) in [5.74, 6) is -1.04. The molecule has 0 aliphatic rings. The van der Waals surface area contributed by atoms with Gasteiger partial charge in [-0.1, -0.05) is 0 Å². The molecule has 0 saturated carbocycles. The van der Waals surface area contributed by atoms with Crippen molar-refractivity contribution in [3.8, 4) is 0 Å². The molecule has 1 unspecified atom stereocenters. The van der Waals surface area contributed by atoms with E-state index in [2.05, 4.69) is 15.3 Å². The molecule has 23 heavy (non-hydrogen) atoms. The second-order valence-electron chi connectivity index (χ2n) is 4.81. The number of benzene rings is 1. The zero-order chi connectivity index (χ0) is 16.2. The maximum atomic E-state index is 12.1. The van der Waals surface area contributed by atoms with Crippen LogP contribution in [-0.4, -0.2) is 27.9 Å². The van der Waals surface area contributed by atoms with E-state index in [0.717, 1.165) is 0 Å². The zero-order valence-corrected chi connectivity index (χ0v) is 12.2. The number of aromatic nitrogens is 2. The van der Waals surface area contributed by atoms with E-state index in [1.165, 1.54) is 19.4 Å². The molecule has 0 saturated heterocycles. The van der Waals surface area contributed by atoms with E-state index in [-0.39, 0.29) is 5.56 Å². The van der Waals surface area contributed by atoms with Crippen LogP contribution in [0.2, 0.25) is 0 Å². The van der Waals surface area contributed by atoms with Crippen molar-refractivity contribution in [3.05, 3.63) is 54.7 Å². The molecule has 3 rings (SSSR count). The smallest absolute Gasteiger partial charge is 0.339 e. The number of hydrogen-bond donors (Lipinski definition) is 1. The summed E-state index contributed by atoms with van der Waals surface area (Å²) in [6.45, 7) is 1.50. The summed E-state index contributed by atoms with van der Waals surface area (Å²) < 4.78 is 10.3. The fourth-order valence-electron chi connectivity index (χ4n) is 1.94. The van der Waals surface area contributed by atoms with E-state index in [4.69, 9.17) is 9.15 Å². The number of esters is 1. The summed E-state index contributed by atoms with van der Waals surface area (Å²) in [6, 6.07) is 8.03. The predicted octanol–water partition coefficient (Wildman–Crippen LogP) is 2.41.